The molecule has 3 aromatic rings. The Bertz CT molecular complexity index is 771. The number of hydrogen-bond donors (Lipinski definition) is 0. The summed E-state index contributed by atoms with van der Waals surface area (Å²) in [6, 6.07) is 6.14. The van der Waals surface area contributed by atoms with Crippen LogP contribution in [-0.4, -0.2) is 26.9 Å². The predicted octanol–water partition coefficient (Wildman–Crippen LogP) is 2.69. The lowest BCUT2D eigenvalue weighted by Gasteiger charge is -2.08. The fourth-order valence-corrected chi connectivity index (χ4v) is 2.19. The zero-order valence-electron chi connectivity index (χ0n) is 11.6. The van der Waals surface area contributed by atoms with Crippen molar-refractivity contribution >= 4 is 0 Å². The molecule has 0 saturated carbocycles. The third-order valence-corrected chi connectivity index (χ3v) is 3.10. The Morgan fingerprint density at radius 3 is 2.76 bits per heavy atom. The maximum Gasteiger partial charge on any atom is 0.128 e. The van der Waals surface area contributed by atoms with E-state index in [1.54, 1.807) is 37.2 Å². The molecule has 3 rings (SSSR count). The van der Waals surface area contributed by atoms with Gasteiger partial charge in [-0.1, -0.05) is 0 Å². The van der Waals surface area contributed by atoms with E-state index in [1.807, 2.05) is 6.20 Å². The minimum atomic E-state index is -0.343. The van der Waals surface area contributed by atoms with E-state index in [1.165, 1.54) is 18.5 Å². The van der Waals surface area contributed by atoms with Crippen LogP contribution in [-0.2, 0) is 7.05 Å². The highest BCUT2D eigenvalue weighted by Crippen LogP contribution is 2.35. The summed E-state index contributed by atoms with van der Waals surface area (Å²) < 4.78 is 20.6. The number of rotatable bonds is 3. The molecule has 0 aliphatic carbocycles. The molecule has 2 aromatic heterocycles. The molecule has 0 amide bonds. The largest absolute Gasteiger partial charge is 0.496 e. The van der Waals surface area contributed by atoms with Gasteiger partial charge in [0.15, 0.2) is 0 Å². The molecular weight excluding hydrogens is 271 g/mol. The first kappa shape index (κ1) is 13.2. The maximum atomic E-state index is 13.6. The van der Waals surface area contributed by atoms with Crippen LogP contribution in [0, 0.1) is 5.82 Å². The van der Waals surface area contributed by atoms with Crippen LogP contribution in [0.3, 0.4) is 0 Å². The van der Waals surface area contributed by atoms with Crippen LogP contribution >= 0.6 is 0 Å². The highest BCUT2D eigenvalue weighted by molar-refractivity contribution is 5.81. The lowest BCUT2D eigenvalue weighted by molar-refractivity contribution is 0.415. The summed E-state index contributed by atoms with van der Waals surface area (Å²) in [5.74, 6) is 0.218. The maximum absolute atomic E-state index is 13.6. The standard InChI is InChI=1S/C15H13FN4O/c1-20-8-12(13-5-6-17-9-18-13)15(19-20)11-7-10(16)3-4-14(11)21-2/h3-9H,1-2H3. The summed E-state index contributed by atoms with van der Waals surface area (Å²) in [5.41, 5.74) is 2.72. The first-order valence-electron chi connectivity index (χ1n) is 6.33. The first-order valence-corrected chi connectivity index (χ1v) is 6.33. The highest BCUT2D eigenvalue weighted by atomic mass is 19.1. The van der Waals surface area contributed by atoms with E-state index in [0.717, 1.165) is 11.3 Å². The quantitative estimate of drug-likeness (QED) is 0.742. The topological polar surface area (TPSA) is 52.8 Å². The predicted molar refractivity (Wildman–Crippen MR) is 76.2 cm³/mol. The van der Waals surface area contributed by atoms with Crippen LogP contribution in [0.4, 0.5) is 4.39 Å². The Morgan fingerprint density at radius 2 is 2.05 bits per heavy atom. The van der Waals surface area contributed by atoms with Crippen LogP contribution in [0.5, 0.6) is 5.75 Å². The third-order valence-electron chi connectivity index (χ3n) is 3.10. The molecule has 0 saturated heterocycles. The van der Waals surface area contributed by atoms with Crippen molar-refractivity contribution in [3.05, 3.63) is 48.8 Å². The van der Waals surface area contributed by atoms with E-state index in [9.17, 15) is 4.39 Å². The Labute approximate surface area is 121 Å². The monoisotopic (exact) mass is 284 g/mol. The van der Waals surface area contributed by atoms with Crippen molar-refractivity contribution in [1.82, 2.24) is 19.7 Å². The van der Waals surface area contributed by atoms with Crippen LogP contribution in [0.2, 0.25) is 0 Å². The van der Waals surface area contributed by atoms with Gasteiger partial charge in [0.05, 0.1) is 12.8 Å². The van der Waals surface area contributed by atoms with Crippen molar-refractivity contribution in [2.45, 2.75) is 0 Å². The van der Waals surface area contributed by atoms with Gasteiger partial charge >= 0.3 is 0 Å². The average molecular weight is 284 g/mol. The Morgan fingerprint density at radius 1 is 1.19 bits per heavy atom. The van der Waals surface area contributed by atoms with Gasteiger partial charge in [-0.25, -0.2) is 14.4 Å². The number of aromatic nitrogens is 4. The summed E-state index contributed by atoms with van der Waals surface area (Å²) in [5, 5.41) is 4.42. The van der Waals surface area contributed by atoms with Crippen molar-refractivity contribution in [2.75, 3.05) is 7.11 Å². The fraction of sp³-hybridized carbons (Fsp3) is 0.133. The smallest absolute Gasteiger partial charge is 0.128 e. The number of halogens is 1. The lowest BCUT2D eigenvalue weighted by atomic mass is 10.0. The summed E-state index contributed by atoms with van der Waals surface area (Å²) in [4.78, 5) is 8.13. The number of hydrogen-bond acceptors (Lipinski definition) is 4. The van der Waals surface area contributed by atoms with Crippen molar-refractivity contribution in [3.63, 3.8) is 0 Å². The SMILES string of the molecule is COc1ccc(F)cc1-c1nn(C)cc1-c1ccncn1. The fourth-order valence-electron chi connectivity index (χ4n) is 2.19. The molecular formula is C15H13FN4O. The molecule has 0 atom stereocenters. The second-order valence-electron chi connectivity index (χ2n) is 4.50. The Hall–Kier alpha value is -2.76. The minimum Gasteiger partial charge on any atom is -0.496 e. The Balaban J connectivity index is 2.22. The molecule has 0 aliphatic rings. The average Bonchev–Trinajstić information content (AvgIpc) is 2.90. The van der Waals surface area contributed by atoms with Gasteiger partial charge in [-0.05, 0) is 24.3 Å². The third kappa shape index (κ3) is 2.47. The van der Waals surface area contributed by atoms with Gasteiger partial charge in [-0.2, -0.15) is 5.10 Å². The van der Waals surface area contributed by atoms with Gasteiger partial charge in [-0.3, -0.25) is 4.68 Å². The summed E-state index contributed by atoms with van der Waals surface area (Å²) in [6.07, 6.45) is 4.96. The zero-order chi connectivity index (χ0) is 14.8. The molecule has 0 unspecified atom stereocenters. The molecule has 6 heteroatoms. The number of methoxy groups -OCH3 is 1. The van der Waals surface area contributed by atoms with Crippen molar-refractivity contribution in [3.8, 4) is 28.3 Å². The molecule has 5 nitrogen and oxygen atoms in total. The molecule has 0 spiro atoms. The molecule has 106 valence electrons. The van der Waals surface area contributed by atoms with E-state index in [0.29, 0.717) is 17.0 Å². The summed E-state index contributed by atoms with van der Waals surface area (Å²) >= 11 is 0. The van der Waals surface area contributed by atoms with Crippen LogP contribution in [0.25, 0.3) is 22.5 Å². The van der Waals surface area contributed by atoms with Gasteiger partial charge < -0.3 is 4.74 Å². The van der Waals surface area contributed by atoms with Gasteiger partial charge in [0.25, 0.3) is 0 Å². The van der Waals surface area contributed by atoms with E-state index in [2.05, 4.69) is 15.1 Å². The minimum absolute atomic E-state index is 0.343. The zero-order valence-corrected chi connectivity index (χ0v) is 11.6. The van der Waals surface area contributed by atoms with Gasteiger partial charge in [-0.15, -0.1) is 0 Å². The number of ether oxygens (including phenoxy) is 1. The second kappa shape index (κ2) is 5.32. The van der Waals surface area contributed by atoms with Gasteiger partial charge in [0, 0.05) is 30.6 Å². The van der Waals surface area contributed by atoms with E-state index < -0.39 is 0 Å². The molecule has 0 fully saturated rings. The van der Waals surface area contributed by atoms with Crippen molar-refractivity contribution < 1.29 is 9.13 Å². The normalized spacial score (nSPS) is 10.6. The lowest BCUT2D eigenvalue weighted by Crippen LogP contribution is -1.93. The first-order chi connectivity index (χ1) is 10.2. The van der Waals surface area contributed by atoms with E-state index in [-0.39, 0.29) is 5.82 Å². The Kier molecular flexibility index (Phi) is 3.35. The molecule has 21 heavy (non-hydrogen) atoms. The van der Waals surface area contributed by atoms with Crippen molar-refractivity contribution in [1.29, 1.82) is 0 Å². The van der Waals surface area contributed by atoms with Crippen LogP contribution in [0.15, 0.2) is 43.0 Å². The molecule has 1 aromatic carbocycles. The molecule has 0 radical (unpaired) electrons. The van der Waals surface area contributed by atoms with E-state index >= 15 is 0 Å². The second-order valence-corrected chi connectivity index (χ2v) is 4.50. The van der Waals surface area contributed by atoms with Crippen LogP contribution in [0.1, 0.15) is 0 Å². The molecule has 0 N–H and O–H groups in total. The van der Waals surface area contributed by atoms with Gasteiger partial charge in [0.2, 0.25) is 0 Å². The molecule has 0 aliphatic heterocycles. The van der Waals surface area contributed by atoms with Gasteiger partial charge in [0.1, 0.15) is 23.6 Å². The van der Waals surface area contributed by atoms with E-state index in [4.69, 9.17) is 4.74 Å². The summed E-state index contributed by atoms with van der Waals surface area (Å²) in [7, 11) is 3.35. The van der Waals surface area contributed by atoms with Crippen molar-refractivity contribution in [2.24, 2.45) is 7.05 Å². The molecule has 2 heterocycles. The highest BCUT2D eigenvalue weighted by Gasteiger charge is 2.17. The number of nitrogens with zero attached hydrogens (tertiary/aromatic N) is 4. The summed E-state index contributed by atoms with van der Waals surface area (Å²) in [6.45, 7) is 0. The van der Waals surface area contributed by atoms with Crippen LogP contribution < -0.4 is 4.74 Å². The number of benzene rings is 1. The molecule has 0 bridgehead atoms. The number of aryl methyl sites for hydroxylation is 1.